The molecule has 0 amide bonds. The third-order valence-electron chi connectivity index (χ3n) is 1.24. The van der Waals surface area contributed by atoms with E-state index in [1.165, 1.54) is 13.4 Å². The zero-order chi connectivity index (χ0) is 7.56. The number of nitrogens with two attached hydrogens (primary N) is 1. The van der Waals surface area contributed by atoms with Crippen LogP contribution in [-0.2, 0) is 0 Å². The van der Waals surface area contributed by atoms with Crippen molar-refractivity contribution >= 4 is 5.69 Å². The second-order valence-electron chi connectivity index (χ2n) is 1.88. The molecule has 54 valence electrons. The molecule has 0 aliphatic heterocycles. The highest BCUT2D eigenvalue weighted by molar-refractivity contribution is 5.50. The zero-order valence-electron chi connectivity index (χ0n) is 5.96. The first-order valence-electron chi connectivity index (χ1n) is 2.86. The molecule has 0 aliphatic carbocycles. The van der Waals surface area contributed by atoms with Gasteiger partial charge in [-0.15, -0.1) is 0 Å². The summed E-state index contributed by atoms with van der Waals surface area (Å²) in [5.74, 6) is 0.438. The second kappa shape index (κ2) is 2.51. The predicted octanol–water partition coefficient (Wildman–Crippen LogP) is 0.376. The first-order valence-corrected chi connectivity index (χ1v) is 2.86. The average Bonchev–Trinajstić information content (AvgIpc) is 1.95. The minimum Gasteiger partial charge on any atom is -0.479 e. The maximum Gasteiger partial charge on any atom is 0.240 e. The lowest BCUT2D eigenvalue weighted by Gasteiger charge is -2.02. The highest BCUT2D eigenvalue weighted by Crippen LogP contribution is 2.17. The van der Waals surface area contributed by atoms with Crippen LogP contribution in [0.3, 0.4) is 0 Å². The van der Waals surface area contributed by atoms with E-state index >= 15 is 0 Å². The predicted molar refractivity (Wildman–Crippen MR) is 37.7 cm³/mol. The van der Waals surface area contributed by atoms with Gasteiger partial charge in [-0.25, -0.2) is 4.98 Å². The summed E-state index contributed by atoms with van der Waals surface area (Å²) in [7, 11) is 1.53. The molecule has 0 saturated heterocycles. The van der Waals surface area contributed by atoms with Crippen molar-refractivity contribution in [2.24, 2.45) is 0 Å². The van der Waals surface area contributed by atoms with E-state index in [0.29, 0.717) is 11.6 Å². The van der Waals surface area contributed by atoms with Crippen molar-refractivity contribution in [2.45, 2.75) is 6.92 Å². The molecule has 0 aliphatic rings. The van der Waals surface area contributed by atoms with Gasteiger partial charge >= 0.3 is 0 Å². The summed E-state index contributed by atoms with van der Waals surface area (Å²) >= 11 is 0. The Morgan fingerprint density at radius 3 is 2.70 bits per heavy atom. The summed E-state index contributed by atoms with van der Waals surface area (Å²) < 4.78 is 4.85. The Morgan fingerprint density at radius 2 is 2.20 bits per heavy atom. The van der Waals surface area contributed by atoms with Crippen molar-refractivity contribution in [3.63, 3.8) is 0 Å². The van der Waals surface area contributed by atoms with E-state index in [0.717, 1.165) is 5.69 Å². The molecule has 0 radical (unpaired) electrons. The van der Waals surface area contributed by atoms with Crippen molar-refractivity contribution in [1.82, 2.24) is 9.97 Å². The molecule has 4 nitrogen and oxygen atoms in total. The van der Waals surface area contributed by atoms with Gasteiger partial charge < -0.3 is 10.5 Å². The number of rotatable bonds is 1. The van der Waals surface area contributed by atoms with Gasteiger partial charge in [0.2, 0.25) is 5.88 Å². The van der Waals surface area contributed by atoms with Crippen LogP contribution in [0.15, 0.2) is 6.33 Å². The third kappa shape index (κ3) is 1.00. The summed E-state index contributed by atoms with van der Waals surface area (Å²) in [4.78, 5) is 7.67. The molecule has 0 saturated carbocycles. The molecular weight excluding hydrogens is 130 g/mol. The summed E-state index contributed by atoms with van der Waals surface area (Å²) in [5, 5.41) is 0. The van der Waals surface area contributed by atoms with Crippen molar-refractivity contribution < 1.29 is 4.74 Å². The van der Waals surface area contributed by atoms with E-state index in [-0.39, 0.29) is 0 Å². The number of anilines is 1. The fourth-order valence-electron chi connectivity index (χ4n) is 0.624. The highest BCUT2D eigenvalue weighted by atomic mass is 16.5. The number of aryl methyl sites for hydroxylation is 1. The van der Waals surface area contributed by atoms with Crippen LogP contribution in [0.1, 0.15) is 5.69 Å². The van der Waals surface area contributed by atoms with Crippen LogP contribution in [-0.4, -0.2) is 17.1 Å². The summed E-state index contributed by atoms with van der Waals surface area (Å²) in [5.41, 5.74) is 6.79. The fraction of sp³-hybridized carbons (Fsp3) is 0.333. The smallest absolute Gasteiger partial charge is 0.240 e. The number of hydrogen-bond donors (Lipinski definition) is 1. The van der Waals surface area contributed by atoms with Crippen LogP contribution < -0.4 is 10.5 Å². The second-order valence-corrected chi connectivity index (χ2v) is 1.88. The van der Waals surface area contributed by atoms with Crippen LogP contribution in [0.2, 0.25) is 0 Å². The largest absolute Gasteiger partial charge is 0.479 e. The quantitative estimate of drug-likeness (QED) is 0.610. The molecule has 0 atom stereocenters. The SMILES string of the molecule is COc1ncnc(C)c1N. The Kier molecular flexibility index (Phi) is 1.71. The molecule has 0 fully saturated rings. The van der Waals surface area contributed by atoms with E-state index in [1.807, 2.05) is 0 Å². The lowest BCUT2D eigenvalue weighted by molar-refractivity contribution is 0.399. The van der Waals surface area contributed by atoms with E-state index < -0.39 is 0 Å². The van der Waals surface area contributed by atoms with Gasteiger partial charge in [0.05, 0.1) is 12.8 Å². The molecule has 1 aromatic heterocycles. The first-order chi connectivity index (χ1) is 4.75. The molecule has 0 aromatic carbocycles. The Bertz CT molecular complexity index is 236. The zero-order valence-corrected chi connectivity index (χ0v) is 5.96. The molecule has 0 bridgehead atoms. The lowest BCUT2D eigenvalue weighted by atomic mass is 10.4. The van der Waals surface area contributed by atoms with E-state index in [1.54, 1.807) is 6.92 Å². The highest BCUT2D eigenvalue weighted by Gasteiger charge is 2.01. The minimum absolute atomic E-state index is 0.438. The van der Waals surface area contributed by atoms with Gasteiger partial charge in [0.25, 0.3) is 0 Å². The number of nitrogen functional groups attached to an aromatic ring is 1. The van der Waals surface area contributed by atoms with Crippen LogP contribution >= 0.6 is 0 Å². The maximum atomic E-state index is 5.54. The Hall–Kier alpha value is -1.32. The monoisotopic (exact) mass is 139 g/mol. The summed E-state index contributed by atoms with van der Waals surface area (Å²) in [6, 6.07) is 0. The lowest BCUT2D eigenvalue weighted by Crippen LogP contribution is -1.99. The van der Waals surface area contributed by atoms with Gasteiger partial charge in [0.15, 0.2) is 0 Å². The van der Waals surface area contributed by atoms with Gasteiger partial charge in [-0.1, -0.05) is 0 Å². The number of ether oxygens (including phenoxy) is 1. The topological polar surface area (TPSA) is 61.0 Å². The van der Waals surface area contributed by atoms with Gasteiger partial charge in [-0.3, -0.25) is 0 Å². The molecule has 0 spiro atoms. The summed E-state index contributed by atoms with van der Waals surface area (Å²) in [6.07, 6.45) is 1.42. The van der Waals surface area contributed by atoms with E-state index in [4.69, 9.17) is 10.5 Å². The van der Waals surface area contributed by atoms with Crippen LogP contribution in [0.5, 0.6) is 5.88 Å². The molecule has 0 unspecified atom stereocenters. The van der Waals surface area contributed by atoms with Crippen molar-refractivity contribution in [3.05, 3.63) is 12.0 Å². The molecule has 1 rings (SSSR count). The first kappa shape index (κ1) is 6.80. The molecule has 1 aromatic rings. The van der Waals surface area contributed by atoms with Crippen LogP contribution in [0.25, 0.3) is 0 Å². The van der Waals surface area contributed by atoms with E-state index in [2.05, 4.69) is 9.97 Å². The van der Waals surface area contributed by atoms with Gasteiger partial charge in [-0.2, -0.15) is 4.98 Å². The van der Waals surface area contributed by atoms with Gasteiger partial charge in [-0.05, 0) is 6.92 Å². The molecule has 2 N–H and O–H groups in total. The Labute approximate surface area is 59.1 Å². The maximum absolute atomic E-state index is 5.54. The van der Waals surface area contributed by atoms with Crippen molar-refractivity contribution in [3.8, 4) is 5.88 Å². The van der Waals surface area contributed by atoms with Crippen molar-refractivity contribution in [2.75, 3.05) is 12.8 Å². The average molecular weight is 139 g/mol. The molecule has 4 heteroatoms. The number of aromatic nitrogens is 2. The van der Waals surface area contributed by atoms with Gasteiger partial charge in [0.1, 0.15) is 12.0 Å². The Morgan fingerprint density at radius 1 is 1.50 bits per heavy atom. The number of methoxy groups -OCH3 is 1. The molecule has 1 heterocycles. The number of nitrogens with zero attached hydrogens (tertiary/aromatic N) is 2. The fourth-order valence-corrected chi connectivity index (χ4v) is 0.624. The normalized spacial score (nSPS) is 9.40. The van der Waals surface area contributed by atoms with Crippen molar-refractivity contribution in [1.29, 1.82) is 0 Å². The summed E-state index contributed by atoms with van der Waals surface area (Å²) in [6.45, 7) is 1.81. The van der Waals surface area contributed by atoms with Crippen LogP contribution in [0, 0.1) is 6.92 Å². The molecular formula is C6H9N3O. The van der Waals surface area contributed by atoms with Gasteiger partial charge in [0, 0.05) is 0 Å². The standard InChI is InChI=1S/C6H9N3O/c1-4-5(7)6(10-2)9-3-8-4/h3H,7H2,1-2H3. The molecule has 10 heavy (non-hydrogen) atoms. The number of hydrogen-bond acceptors (Lipinski definition) is 4. The minimum atomic E-state index is 0.438. The third-order valence-corrected chi connectivity index (χ3v) is 1.24. The van der Waals surface area contributed by atoms with Crippen LogP contribution in [0.4, 0.5) is 5.69 Å². The Balaban J connectivity index is 3.14. The van der Waals surface area contributed by atoms with E-state index in [9.17, 15) is 0 Å².